The molecule has 0 spiro atoms. The standard InChI is InChI=1S/C18H27N3O3/c1-18(2,3)15(19)16(22)20-9-11-21(12-10-20)17(23)24-13-14-7-5-4-6-8-14/h4-8,15H,9-13,19H2,1-3H3. The average Bonchev–Trinajstić information content (AvgIpc) is 2.58. The summed E-state index contributed by atoms with van der Waals surface area (Å²) < 4.78 is 5.32. The van der Waals surface area contributed by atoms with Gasteiger partial charge in [0, 0.05) is 26.2 Å². The molecule has 6 heteroatoms. The van der Waals surface area contributed by atoms with Crippen LogP contribution in [0.3, 0.4) is 0 Å². The molecule has 1 aliphatic heterocycles. The fourth-order valence-corrected chi connectivity index (χ4v) is 2.49. The van der Waals surface area contributed by atoms with Crippen LogP contribution in [0.2, 0.25) is 0 Å². The lowest BCUT2D eigenvalue weighted by molar-refractivity contribution is -0.136. The molecule has 6 nitrogen and oxygen atoms in total. The highest BCUT2D eigenvalue weighted by molar-refractivity contribution is 5.82. The van der Waals surface area contributed by atoms with Gasteiger partial charge in [0.25, 0.3) is 0 Å². The Balaban J connectivity index is 1.80. The van der Waals surface area contributed by atoms with Gasteiger partial charge in [-0.15, -0.1) is 0 Å². The minimum Gasteiger partial charge on any atom is -0.445 e. The largest absolute Gasteiger partial charge is 0.445 e. The first kappa shape index (κ1) is 18.3. The molecule has 132 valence electrons. The van der Waals surface area contributed by atoms with E-state index in [9.17, 15) is 9.59 Å². The van der Waals surface area contributed by atoms with E-state index in [1.54, 1.807) is 9.80 Å². The zero-order chi connectivity index (χ0) is 17.7. The number of carbonyl (C=O) groups excluding carboxylic acids is 2. The van der Waals surface area contributed by atoms with Gasteiger partial charge in [0.2, 0.25) is 5.91 Å². The summed E-state index contributed by atoms with van der Waals surface area (Å²) in [6.07, 6.45) is -0.342. The summed E-state index contributed by atoms with van der Waals surface area (Å²) in [5.74, 6) is -0.0557. The Labute approximate surface area is 143 Å². The van der Waals surface area contributed by atoms with Gasteiger partial charge < -0.3 is 20.3 Å². The van der Waals surface area contributed by atoms with Crippen LogP contribution in [-0.2, 0) is 16.1 Å². The van der Waals surface area contributed by atoms with E-state index in [0.717, 1.165) is 5.56 Å². The van der Waals surface area contributed by atoms with Crippen molar-refractivity contribution in [2.45, 2.75) is 33.4 Å². The number of piperazine rings is 1. The summed E-state index contributed by atoms with van der Waals surface area (Å²) in [5.41, 5.74) is 6.71. The van der Waals surface area contributed by atoms with Crippen LogP contribution in [0, 0.1) is 5.41 Å². The lowest BCUT2D eigenvalue weighted by Crippen LogP contribution is -2.57. The third kappa shape index (κ3) is 4.71. The maximum absolute atomic E-state index is 12.4. The topological polar surface area (TPSA) is 75.9 Å². The highest BCUT2D eigenvalue weighted by Crippen LogP contribution is 2.20. The summed E-state index contributed by atoms with van der Waals surface area (Å²) >= 11 is 0. The van der Waals surface area contributed by atoms with E-state index in [4.69, 9.17) is 10.5 Å². The molecule has 1 atom stereocenters. The zero-order valence-corrected chi connectivity index (χ0v) is 14.7. The number of rotatable bonds is 3. The minimum atomic E-state index is -0.533. The fraction of sp³-hybridized carbons (Fsp3) is 0.556. The number of nitrogens with zero attached hydrogens (tertiary/aromatic N) is 2. The molecule has 1 aromatic carbocycles. The molecule has 1 heterocycles. The summed E-state index contributed by atoms with van der Waals surface area (Å²) in [6.45, 7) is 8.03. The molecule has 2 rings (SSSR count). The van der Waals surface area contributed by atoms with Crippen molar-refractivity contribution < 1.29 is 14.3 Å². The highest BCUT2D eigenvalue weighted by Gasteiger charge is 2.33. The lowest BCUT2D eigenvalue weighted by atomic mass is 9.86. The molecular formula is C18H27N3O3. The maximum Gasteiger partial charge on any atom is 0.410 e. The highest BCUT2D eigenvalue weighted by atomic mass is 16.6. The van der Waals surface area contributed by atoms with Gasteiger partial charge in [-0.25, -0.2) is 4.79 Å². The van der Waals surface area contributed by atoms with E-state index in [0.29, 0.717) is 26.2 Å². The lowest BCUT2D eigenvalue weighted by Gasteiger charge is -2.37. The van der Waals surface area contributed by atoms with Gasteiger partial charge in [0.15, 0.2) is 0 Å². The molecule has 0 saturated carbocycles. The Kier molecular flexibility index (Phi) is 5.83. The first-order valence-electron chi connectivity index (χ1n) is 8.29. The molecule has 1 aromatic rings. The molecule has 0 aromatic heterocycles. The minimum absolute atomic E-state index is 0.0557. The summed E-state index contributed by atoms with van der Waals surface area (Å²) in [7, 11) is 0. The SMILES string of the molecule is CC(C)(C)C(N)C(=O)N1CCN(C(=O)OCc2ccccc2)CC1. The van der Waals surface area contributed by atoms with Crippen molar-refractivity contribution in [1.29, 1.82) is 0 Å². The van der Waals surface area contributed by atoms with Crippen LogP contribution in [0.4, 0.5) is 4.79 Å². The van der Waals surface area contributed by atoms with Crippen molar-refractivity contribution in [3.63, 3.8) is 0 Å². The van der Waals surface area contributed by atoms with Gasteiger partial charge in [-0.1, -0.05) is 51.1 Å². The third-order valence-electron chi connectivity index (χ3n) is 4.25. The molecule has 1 aliphatic rings. The van der Waals surface area contributed by atoms with E-state index in [1.165, 1.54) is 0 Å². The van der Waals surface area contributed by atoms with E-state index < -0.39 is 6.04 Å². The normalized spacial score (nSPS) is 16.7. The van der Waals surface area contributed by atoms with Crippen LogP contribution >= 0.6 is 0 Å². The zero-order valence-electron chi connectivity index (χ0n) is 14.7. The Bertz CT molecular complexity index is 561. The Morgan fingerprint density at radius 3 is 2.17 bits per heavy atom. The Morgan fingerprint density at radius 2 is 1.62 bits per heavy atom. The Hall–Kier alpha value is -2.08. The molecule has 2 amide bonds. The van der Waals surface area contributed by atoms with Crippen molar-refractivity contribution in [2.75, 3.05) is 26.2 Å². The second-order valence-corrected chi connectivity index (χ2v) is 7.20. The quantitative estimate of drug-likeness (QED) is 0.916. The van der Waals surface area contributed by atoms with Crippen molar-refractivity contribution in [1.82, 2.24) is 9.80 Å². The van der Waals surface area contributed by atoms with E-state index in [-0.39, 0.29) is 24.0 Å². The number of carbonyl (C=O) groups is 2. The van der Waals surface area contributed by atoms with Crippen LogP contribution in [0.15, 0.2) is 30.3 Å². The van der Waals surface area contributed by atoms with Crippen LogP contribution in [0.5, 0.6) is 0 Å². The van der Waals surface area contributed by atoms with Crippen LogP contribution in [0.1, 0.15) is 26.3 Å². The van der Waals surface area contributed by atoms with Crippen LogP contribution < -0.4 is 5.73 Å². The molecule has 1 saturated heterocycles. The summed E-state index contributed by atoms with van der Waals surface area (Å²) in [5, 5.41) is 0. The first-order chi connectivity index (χ1) is 11.3. The van der Waals surface area contributed by atoms with E-state index in [2.05, 4.69) is 0 Å². The molecule has 1 unspecified atom stereocenters. The number of ether oxygens (including phenoxy) is 1. The molecule has 24 heavy (non-hydrogen) atoms. The monoisotopic (exact) mass is 333 g/mol. The number of hydrogen-bond acceptors (Lipinski definition) is 4. The van der Waals surface area contributed by atoms with Crippen LogP contribution in [-0.4, -0.2) is 54.0 Å². The van der Waals surface area contributed by atoms with Gasteiger partial charge in [0.05, 0.1) is 6.04 Å². The molecule has 0 bridgehead atoms. The Morgan fingerprint density at radius 1 is 1.08 bits per heavy atom. The fourth-order valence-electron chi connectivity index (χ4n) is 2.49. The predicted molar refractivity (Wildman–Crippen MR) is 92.2 cm³/mol. The smallest absolute Gasteiger partial charge is 0.410 e. The van der Waals surface area contributed by atoms with Crippen molar-refractivity contribution in [3.05, 3.63) is 35.9 Å². The predicted octanol–water partition coefficient (Wildman–Crippen LogP) is 1.84. The molecule has 0 aliphatic carbocycles. The van der Waals surface area contributed by atoms with E-state index in [1.807, 2.05) is 51.1 Å². The second-order valence-electron chi connectivity index (χ2n) is 7.20. The molecule has 1 fully saturated rings. The van der Waals surface area contributed by atoms with Crippen molar-refractivity contribution in [3.8, 4) is 0 Å². The molecule has 0 radical (unpaired) electrons. The summed E-state index contributed by atoms with van der Waals surface area (Å²) in [4.78, 5) is 27.9. The summed E-state index contributed by atoms with van der Waals surface area (Å²) in [6, 6.07) is 9.03. The van der Waals surface area contributed by atoms with Crippen molar-refractivity contribution in [2.24, 2.45) is 11.1 Å². The third-order valence-corrected chi connectivity index (χ3v) is 4.25. The number of nitrogens with two attached hydrogens (primary N) is 1. The van der Waals surface area contributed by atoms with Gasteiger partial charge in [0.1, 0.15) is 6.61 Å². The van der Waals surface area contributed by atoms with Crippen LogP contribution in [0.25, 0.3) is 0 Å². The van der Waals surface area contributed by atoms with E-state index >= 15 is 0 Å². The number of amides is 2. The van der Waals surface area contributed by atoms with Crippen molar-refractivity contribution >= 4 is 12.0 Å². The first-order valence-corrected chi connectivity index (χ1v) is 8.29. The number of hydrogen-bond donors (Lipinski definition) is 1. The number of benzene rings is 1. The maximum atomic E-state index is 12.4. The van der Waals surface area contributed by atoms with Gasteiger partial charge in [-0.2, -0.15) is 0 Å². The average molecular weight is 333 g/mol. The van der Waals surface area contributed by atoms with Gasteiger partial charge >= 0.3 is 6.09 Å². The molecule has 2 N–H and O–H groups in total. The van der Waals surface area contributed by atoms with Gasteiger partial charge in [-0.3, -0.25) is 4.79 Å². The van der Waals surface area contributed by atoms with Gasteiger partial charge in [-0.05, 0) is 11.0 Å². The molecular weight excluding hydrogens is 306 g/mol. The second kappa shape index (κ2) is 7.66.